The summed E-state index contributed by atoms with van der Waals surface area (Å²) in [6.45, 7) is 6.72. The third-order valence-corrected chi connectivity index (χ3v) is 2.09. The van der Waals surface area contributed by atoms with Crippen LogP contribution in [0.3, 0.4) is 0 Å². The first-order valence-corrected chi connectivity index (χ1v) is 7.97. The van der Waals surface area contributed by atoms with Crippen molar-refractivity contribution >= 4 is 21.0 Å². The van der Waals surface area contributed by atoms with Crippen LogP contribution in [0.25, 0.3) is 0 Å². The lowest BCUT2D eigenvalue weighted by molar-refractivity contribution is -0.139. The highest BCUT2D eigenvalue weighted by Crippen LogP contribution is 1.89. The number of rotatable bonds is 7. The van der Waals surface area contributed by atoms with E-state index in [4.69, 9.17) is 13.9 Å². The van der Waals surface area contributed by atoms with Gasteiger partial charge in [-0.2, -0.15) is 0 Å². The molecule has 16 heavy (non-hydrogen) atoms. The van der Waals surface area contributed by atoms with Gasteiger partial charge in [0.15, 0.2) is 0 Å². The summed E-state index contributed by atoms with van der Waals surface area (Å²) in [7, 11) is -1.40. The number of esters is 1. The third kappa shape index (κ3) is 9.41. The van der Waals surface area contributed by atoms with Crippen molar-refractivity contribution in [1.82, 2.24) is 0 Å². The highest BCUT2D eigenvalue weighted by molar-refractivity contribution is 6.50. The average Bonchev–Trinajstić information content (AvgIpc) is 2.20. The molecule has 0 aromatic carbocycles. The SMILES string of the molecule is CCOCCOC(=O)/C=C/C(=O)O[SiH](C)C. The number of carbonyl (C=O) groups is 2. The molecule has 92 valence electrons. The Kier molecular flexibility index (Phi) is 8.46. The van der Waals surface area contributed by atoms with Gasteiger partial charge < -0.3 is 13.9 Å². The molecule has 0 N–H and O–H groups in total. The first kappa shape index (κ1) is 14.9. The Morgan fingerprint density at radius 2 is 1.75 bits per heavy atom. The Hall–Kier alpha value is -1.14. The van der Waals surface area contributed by atoms with Gasteiger partial charge >= 0.3 is 11.9 Å². The van der Waals surface area contributed by atoms with Gasteiger partial charge in [0.05, 0.1) is 6.61 Å². The van der Waals surface area contributed by atoms with Crippen LogP contribution < -0.4 is 0 Å². The van der Waals surface area contributed by atoms with Crippen molar-refractivity contribution in [2.24, 2.45) is 0 Å². The number of ether oxygens (including phenoxy) is 2. The smallest absolute Gasteiger partial charge is 0.331 e. The van der Waals surface area contributed by atoms with Gasteiger partial charge in [-0.05, 0) is 20.0 Å². The molecular weight excluding hydrogens is 228 g/mol. The van der Waals surface area contributed by atoms with Gasteiger partial charge in [-0.3, -0.25) is 0 Å². The van der Waals surface area contributed by atoms with Crippen LogP contribution >= 0.6 is 0 Å². The van der Waals surface area contributed by atoms with Crippen LogP contribution in [0.1, 0.15) is 6.92 Å². The Morgan fingerprint density at radius 3 is 2.31 bits per heavy atom. The molecule has 0 rings (SSSR count). The molecule has 6 heteroatoms. The minimum absolute atomic E-state index is 0.186. The summed E-state index contributed by atoms with van der Waals surface area (Å²) in [5.74, 6) is -1.06. The van der Waals surface area contributed by atoms with Gasteiger partial charge in [0.25, 0.3) is 0 Å². The molecule has 0 spiro atoms. The van der Waals surface area contributed by atoms with Crippen LogP contribution in [-0.2, 0) is 23.5 Å². The van der Waals surface area contributed by atoms with Gasteiger partial charge in [0.2, 0.25) is 9.04 Å². The highest BCUT2D eigenvalue weighted by atomic mass is 28.3. The van der Waals surface area contributed by atoms with E-state index in [1.807, 2.05) is 20.0 Å². The van der Waals surface area contributed by atoms with Gasteiger partial charge in [0.1, 0.15) is 6.61 Å². The van der Waals surface area contributed by atoms with Crippen LogP contribution in [0.15, 0.2) is 12.2 Å². The lowest BCUT2D eigenvalue weighted by Crippen LogP contribution is -2.13. The van der Waals surface area contributed by atoms with E-state index in [1.165, 1.54) is 0 Å². The summed E-state index contributed by atoms with van der Waals surface area (Å²) in [5, 5.41) is 0. The largest absolute Gasteiger partial charge is 0.519 e. The van der Waals surface area contributed by atoms with E-state index in [0.717, 1.165) is 12.2 Å². The van der Waals surface area contributed by atoms with E-state index in [1.54, 1.807) is 0 Å². The van der Waals surface area contributed by atoms with E-state index in [9.17, 15) is 9.59 Å². The highest BCUT2D eigenvalue weighted by Gasteiger charge is 2.03. The van der Waals surface area contributed by atoms with Crippen molar-refractivity contribution in [1.29, 1.82) is 0 Å². The van der Waals surface area contributed by atoms with E-state index >= 15 is 0 Å². The second kappa shape index (κ2) is 9.11. The van der Waals surface area contributed by atoms with Gasteiger partial charge in [0, 0.05) is 18.8 Å². The summed E-state index contributed by atoms with van der Waals surface area (Å²) in [6, 6.07) is 0. The Balaban J connectivity index is 3.69. The Bertz CT molecular complexity index is 250. The molecule has 0 amide bonds. The molecule has 0 aliphatic carbocycles. The molecule has 0 saturated carbocycles. The zero-order chi connectivity index (χ0) is 12.4. The van der Waals surface area contributed by atoms with Crippen LogP contribution in [-0.4, -0.2) is 40.8 Å². The minimum Gasteiger partial charge on any atom is -0.519 e. The first-order chi connectivity index (χ1) is 7.56. The molecule has 0 heterocycles. The van der Waals surface area contributed by atoms with Gasteiger partial charge in [-0.1, -0.05) is 0 Å². The standard InChI is InChI=1S/C10H18O5Si/c1-4-13-7-8-14-9(11)5-6-10(12)15-16(2)3/h5-6,16H,4,7-8H2,1-3H3/b6-5+. The van der Waals surface area contributed by atoms with E-state index in [-0.39, 0.29) is 6.61 Å². The molecule has 0 bridgehead atoms. The van der Waals surface area contributed by atoms with Crippen LogP contribution in [0.2, 0.25) is 13.1 Å². The molecule has 0 radical (unpaired) electrons. The van der Waals surface area contributed by atoms with Crippen molar-refractivity contribution in [3.8, 4) is 0 Å². The molecule has 0 aromatic rings. The second-order valence-corrected chi connectivity index (χ2v) is 5.52. The maximum Gasteiger partial charge on any atom is 0.331 e. The molecule has 0 fully saturated rings. The monoisotopic (exact) mass is 246 g/mol. The summed E-state index contributed by atoms with van der Waals surface area (Å²) < 4.78 is 14.7. The predicted octanol–water partition coefficient (Wildman–Crippen LogP) is 0.649. The van der Waals surface area contributed by atoms with E-state index < -0.39 is 21.0 Å². The molecule has 0 aromatic heterocycles. The van der Waals surface area contributed by atoms with Crippen molar-refractivity contribution in [2.75, 3.05) is 19.8 Å². The molecule has 0 aliphatic rings. The normalized spacial score (nSPS) is 10.8. The summed E-state index contributed by atoms with van der Waals surface area (Å²) in [5.41, 5.74) is 0. The Labute approximate surface area is 97.1 Å². The molecule has 0 unspecified atom stereocenters. The van der Waals surface area contributed by atoms with Crippen LogP contribution in [0.5, 0.6) is 0 Å². The fourth-order valence-corrected chi connectivity index (χ4v) is 1.34. The number of hydrogen-bond acceptors (Lipinski definition) is 5. The maximum atomic E-state index is 11.0. The second-order valence-electron chi connectivity index (χ2n) is 3.18. The quantitative estimate of drug-likeness (QED) is 0.286. The number of carbonyl (C=O) groups excluding carboxylic acids is 2. The maximum absolute atomic E-state index is 11.0. The lowest BCUT2D eigenvalue weighted by atomic mass is 10.5. The molecule has 0 atom stereocenters. The van der Waals surface area contributed by atoms with Gasteiger partial charge in [-0.15, -0.1) is 0 Å². The topological polar surface area (TPSA) is 61.8 Å². The number of hydrogen-bond donors (Lipinski definition) is 0. The Morgan fingerprint density at radius 1 is 1.12 bits per heavy atom. The molecule has 0 aliphatic heterocycles. The van der Waals surface area contributed by atoms with Crippen LogP contribution in [0, 0.1) is 0 Å². The predicted molar refractivity (Wildman–Crippen MR) is 61.6 cm³/mol. The van der Waals surface area contributed by atoms with Gasteiger partial charge in [-0.25, -0.2) is 9.59 Å². The fourth-order valence-electron chi connectivity index (χ4n) is 0.801. The zero-order valence-electron chi connectivity index (χ0n) is 9.89. The van der Waals surface area contributed by atoms with Crippen molar-refractivity contribution in [2.45, 2.75) is 20.0 Å². The molecular formula is C10H18O5Si. The fraction of sp³-hybridized carbons (Fsp3) is 0.600. The summed E-state index contributed by atoms with van der Waals surface area (Å²) >= 11 is 0. The lowest BCUT2D eigenvalue weighted by Gasteiger charge is -2.03. The van der Waals surface area contributed by atoms with Crippen molar-refractivity contribution in [3.05, 3.63) is 12.2 Å². The zero-order valence-corrected chi connectivity index (χ0v) is 11.0. The third-order valence-electron chi connectivity index (χ3n) is 1.38. The van der Waals surface area contributed by atoms with Crippen LogP contribution in [0.4, 0.5) is 0 Å². The first-order valence-electron chi connectivity index (χ1n) is 5.19. The van der Waals surface area contributed by atoms with Crippen molar-refractivity contribution in [3.63, 3.8) is 0 Å². The average molecular weight is 246 g/mol. The molecule has 0 saturated heterocycles. The minimum atomic E-state index is -1.40. The summed E-state index contributed by atoms with van der Waals surface area (Å²) in [6.07, 6.45) is 2.14. The van der Waals surface area contributed by atoms with E-state index in [2.05, 4.69) is 0 Å². The van der Waals surface area contributed by atoms with Crippen molar-refractivity contribution < 1.29 is 23.5 Å². The van der Waals surface area contributed by atoms with E-state index in [0.29, 0.717) is 13.2 Å². The molecule has 5 nitrogen and oxygen atoms in total. The summed E-state index contributed by atoms with van der Waals surface area (Å²) in [4.78, 5) is 22.1.